The predicted octanol–water partition coefficient (Wildman–Crippen LogP) is 0.218. The molecule has 0 aliphatic carbocycles. The average Bonchev–Trinajstić information content (AvgIpc) is 2.19. The van der Waals surface area contributed by atoms with Crippen molar-refractivity contribution in [1.29, 1.82) is 0 Å². The Balaban J connectivity index is 2.77. The summed E-state index contributed by atoms with van der Waals surface area (Å²) < 4.78 is 0. The maximum atomic E-state index is 7.97. The number of hydrogen-bond acceptors (Lipinski definition) is 3. The van der Waals surface area contributed by atoms with Gasteiger partial charge in [-0.25, -0.2) is 0 Å². The van der Waals surface area contributed by atoms with Crippen LogP contribution in [0.25, 0.3) is 0 Å². The highest BCUT2D eigenvalue weighted by Gasteiger charge is 1.83. The average molecular weight is 111 g/mol. The molecule has 8 heavy (non-hydrogen) atoms. The number of hydrogen-bond donors (Lipinski definition) is 2. The summed E-state index contributed by atoms with van der Waals surface area (Å²) in [5.41, 5.74) is 0.757. The van der Waals surface area contributed by atoms with Crippen molar-refractivity contribution >= 4 is 6.21 Å². The molecule has 1 heterocycles. The highest BCUT2D eigenvalue weighted by molar-refractivity contribution is 5.77. The lowest BCUT2D eigenvalue weighted by atomic mass is 10.4. The van der Waals surface area contributed by atoms with Gasteiger partial charge in [-0.3, -0.25) is 5.10 Å². The first-order chi connectivity index (χ1) is 3.93. The second kappa shape index (κ2) is 2.11. The lowest BCUT2D eigenvalue weighted by Gasteiger charge is -1.71. The molecule has 0 aliphatic heterocycles. The molecular formula is C4H5N3O. The Labute approximate surface area is 45.8 Å². The summed E-state index contributed by atoms with van der Waals surface area (Å²) >= 11 is 0. The second-order valence-electron chi connectivity index (χ2n) is 1.28. The number of H-pyrrole nitrogens is 1. The van der Waals surface area contributed by atoms with Crippen LogP contribution in [0.4, 0.5) is 0 Å². The van der Waals surface area contributed by atoms with Gasteiger partial charge in [-0.2, -0.15) is 5.10 Å². The van der Waals surface area contributed by atoms with Gasteiger partial charge < -0.3 is 5.21 Å². The zero-order valence-corrected chi connectivity index (χ0v) is 4.07. The third-order valence-corrected chi connectivity index (χ3v) is 0.726. The smallest absolute Gasteiger partial charge is 0.0765 e. The maximum absolute atomic E-state index is 7.97. The summed E-state index contributed by atoms with van der Waals surface area (Å²) in [4.78, 5) is 0. The van der Waals surface area contributed by atoms with E-state index in [0.29, 0.717) is 0 Å². The molecule has 0 spiro atoms. The van der Waals surface area contributed by atoms with E-state index in [4.69, 9.17) is 5.21 Å². The Bertz CT molecular complexity index is 167. The number of nitrogens with one attached hydrogen (secondary N) is 1. The monoisotopic (exact) mass is 111 g/mol. The fourth-order valence-corrected chi connectivity index (χ4v) is 0.398. The van der Waals surface area contributed by atoms with Crippen LogP contribution in [-0.2, 0) is 0 Å². The first kappa shape index (κ1) is 4.83. The van der Waals surface area contributed by atoms with Crippen LogP contribution in [0.5, 0.6) is 0 Å². The van der Waals surface area contributed by atoms with E-state index in [2.05, 4.69) is 15.4 Å². The lowest BCUT2D eigenvalue weighted by molar-refractivity contribution is 0.322. The van der Waals surface area contributed by atoms with E-state index in [-0.39, 0.29) is 0 Å². The van der Waals surface area contributed by atoms with Crippen molar-refractivity contribution in [3.63, 3.8) is 0 Å². The molecule has 42 valence electrons. The lowest BCUT2D eigenvalue weighted by Crippen LogP contribution is -1.71. The third kappa shape index (κ3) is 0.841. The Kier molecular flexibility index (Phi) is 1.27. The Morgan fingerprint density at radius 1 is 1.88 bits per heavy atom. The molecule has 0 aliphatic rings. The highest BCUT2D eigenvalue weighted by atomic mass is 16.4. The SMILES string of the molecule is ON=Cc1cn[nH]c1. The van der Waals surface area contributed by atoms with E-state index >= 15 is 0 Å². The third-order valence-electron chi connectivity index (χ3n) is 0.726. The van der Waals surface area contributed by atoms with Crippen molar-refractivity contribution in [2.24, 2.45) is 5.16 Å². The summed E-state index contributed by atoms with van der Waals surface area (Å²) in [6.07, 6.45) is 4.48. The first-order valence-corrected chi connectivity index (χ1v) is 2.09. The molecule has 0 aromatic carbocycles. The molecule has 0 radical (unpaired) electrons. The van der Waals surface area contributed by atoms with Crippen molar-refractivity contribution in [2.75, 3.05) is 0 Å². The van der Waals surface area contributed by atoms with Crippen LogP contribution in [0.15, 0.2) is 17.5 Å². The zero-order chi connectivity index (χ0) is 5.82. The number of nitrogens with zero attached hydrogens (tertiary/aromatic N) is 2. The molecule has 0 unspecified atom stereocenters. The molecule has 0 amide bonds. The van der Waals surface area contributed by atoms with Crippen LogP contribution in [0, 0.1) is 0 Å². The van der Waals surface area contributed by atoms with E-state index in [1.807, 2.05) is 0 Å². The van der Waals surface area contributed by atoms with Gasteiger partial charge in [-0.15, -0.1) is 0 Å². The van der Waals surface area contributed by atoms with Crippen molar-refractivity contribution in [1.82, 2.24) is 10.2 Å². The summed E-state index contributed by atoms with van der Waals surface area (Å²) in [6, 6.07) is 0. The highest BCUT2D eigenvalue weighted by Crippen LogP contribution is 1.85. The van der Waals surface area contributed by atoms with Gasteiger partial charge in [0, 0.05) is 11.8 Å². The Hall–Kier alpha value is -1.32. The minimum atomic E-state index is 0.757. The standard InChI is InChI=1S/C4H5N3O/c8-7-3-4-1-5-6-2-4/h1-3,8H,(H,5,6). The van der Waals surface area contributed by atoms with Crippen LogP contribution in [0.3, 0.4) is 0 Å². The molecule has 4 nitrogen and oxygen atoms in total. The molecule has 1 aromatic heterocycles. The summed E-state index contributed by atoms with van der Waals surface area (Å²) in [5, 5.41) is 16.9. The molecule has 2 N–H and O–H groups in total. The van der Waals surface area contributed by atoms with E-state index in [0.717, 1.165) is 5.56 Å². The Morgan fingerprint density at radius 2 is 2.75 bits per heavy atom. The zero-order valence-electron chi connectivity index (χ0n) is 4.07. The van der Waals surface area contributed by atoms with Crippen molar-refractivity contribution in [2.45, 2.75) is 0 Å². The van der Waals surface area contributed by atoms with Gasteiger partial charge >= 0.3 is 0 Å². The summed E-state index contributed by atoms with van der Waals surface area (Å²) in [7, 11) is 0. The van der Waals surface area contributed by atoms with Crippen LogP contribution in [-0.4, -0.2) is 21.6 Å². The summed E-state index contributed by atoms with van der Waals surface area (Å²) in [5.74, 6) is 0. The molecular weight excluding hydrogens is 106 g/mol. The number of rotatable bonds is 1. The van der Waals surface area contributed by atoms with Gasteiger partial charge in [0.1, 0.15) is 0 Å². The van der Waals surface area contributed by atoms with Crippen LogP contribution < -0.4 is 0 Å². The number of oxime groups is 1. The minimum Gasteiger partial charge on any atom is -0.411 e. The fourth-order valence-electron chi connectivity index (χ4n) is 0.398. The number of aromatic amines is 1. The number of aromatic nitrogens is 2. The van der Waals surface area contributed by atoms with E-state index in [1.165, 1.54) is 6.21 Å². The van der Waals surface area contributed by atoms with Gasteiger partial charge in [0.05, 0.1) is 12.4 Å². The fraction of sp³-hybridized carbons (Fsp3) is 0. The van der Waals surface area contributed by atoms with E-state index in [1.54, 1.807) is 12.4 Å². The summed E-state index contributed by atoms with van der Waals surface area (Å²) in [6.45, 7) is 0. The van der Waals surface area contributed by atoms with Gasteiger partial charge in [-0.05, 0) is 0 Å². The molecule has 1 aromatic rings. The molecule has 0 atom stereocenters. The van der Waals surface area contributed by atoms with E-state index < -0.39 is 0 Å². The second-order valence-corrected chi connectivity index (χ2v) is 1.28. The molecule has 1 rings (SSSR count). The molecule has 0 saturated heterocycles. The van der Waals surface area contributed by atoms with Crippen molar-refractivity contribution in [3.05, 3.63) is 18.0 Å². The predicted molar refractivity (Wildman–Crippen MR) is 28.0 cm³/mol. The van der Waals surface area contributed by atoms with E-state index in [9.17, 15) is 0 Å². The molecule has 0 fully saturated rings. The minimum absolute atomic E-state index is 0.757. The van der Waals surface area contributed by atoms with Crippen LogP contribution >= 0.6 is 0 Å². The maximum Gasteiger partial charge on any atom is 0.0765 e. The quantitative estimate of drug-likeness (QED) is 0.309. The largest absolute Gasteiger partial charge is 0.411 e. The van der Waals surface area contributed by atoms with Gasteiger partial charge in [0.25, 0.3) is 0 Å². The van der Waals surface area contributed by atoms with Crippen molar-refractivity contribution < 1.29 is 5.21 Å². The van der Waals surface area contributed by atoms with Gasteiger partial charge in [0.2, 0.25) is 0 Å². The van der Waals surface area contributed by atoms with Gasteiger partial charge in [-0.1, -0.05) is 5.16 Å². The van der Waals surface area contributed by atoms with Crippen LogP contribution in [0.1, 0.15) is 5.56 Å². The van der Waals surface area contributed by atoms with Crippen LogP contribution in [0.2, 0.25) is 0 Å². The van der Waals surface area contributed by atoms with Gasteiger partial charge in [0.15, 0.2) is 0 Å². The topological polar surface area (TPSA) is 61.3 Å². The molecule has 4 heteroatoms. The molecule has 0 saturated carbocycles. The normalized spacial score (nSPS) is 10.5. The molecule has 0 bridgehead atoms. The first-order valence-electron chi connectivity index (χ1n) is 2.09. The Morgan fingerprint density at radius 3 is 3.25 bits per heavy atom. The van der Waals surface area contributed by atoms with Crippen molar-refractivity contribution in [3.8, 4) is 0 Å².